The summed E-state index contributed by atoms with van der Waals surface area (Å²) in [5, 5.41) is 0. The second-order valence-electron chi connectivity index (χ2n) is 4.39. The summed E-state index contributed by atoms with van der Waals surface area (Å²) in [7, 11) is 1.63. The Labute approximate surface area is 117 Å². The van der Waals surface area contributed by atoms with Gasteiger partial charge in [-0.3, -0.25) is 0 Å². The van der Waals surface area contributed by atoms with Crippen molar-refractivity contribution < 1.29 is 18.9 Å². The van der Waals surface area contributed by atoms with Crippen LogP contribution in [0.25, 0.3) is 0 Å². The van der Waals surface area contributed by atoms with Crippen molar-refractivity contribution in [2.45, 2.75) is 6.29 Å². The zero-order valence-corrected chi connectivity index (χ0v) is 11.2. The number of ether oxygens (including phenoxy) is 4. The maximum atomic E-state index is 5.92. The number of benzene rings is 2. The lowest BCUT2D eigenvalue weighted by molar-refractivity contribution is -0.0452. The molecule has 4 nitrogen and oxygen atoms in total. The molecule has 1 fully saturated rings. The van der Waals surface area contributed by atoms with Crippen LogP contribution < -0.4 is 9.47 Å². The van der Waals surface area contributed by atoms with E-state index in [0.717, 1.165) is 22.8 Å². The molecule has 0 unspecified atom stereocenters. The predicted octanol–water partition coefficient (Wildman–Crippen LogP) is 3.53. The topological polar surface area (TPSA) is 36.9 Å². The van der Waals surface area contributed by atoms with Gasteiger partial charge in [0.1, 0.15) is 17.2 Å². The van der Waals surface area contributed by atoms with Crippen molar-refractivity contribution in [3.8, 4) is 17.2 Å². The van der Waals surface area contributed by atoms with E-state index in [9.17, 15) is 0 Å². The van der Waals surface area contributed by atoms with Gasteiger partial charge in [0.15, 0.2) is 6.29 Å². The molecule has 0 atom stereocenters. The first kappa shape index (κ1) is 13.0. The third kappa shape index (κ3) is 2.76. The van der Waals surface area contributed by atoms with Crippen LogP contribution >= 0.6 is 0 Å². The van der Waals surface area contributed by atoms with Gasteiger partial charge in [-0.1, -0.05) is 24.3 Å². The fourth-order valence-electron chi connectivity index (χ4n) is 2.10. The van der Waals surface area contributed by atoms with Crippen molar-refractivity contribution in [1.82, 2.24) is 0 Å². The maximum absolute atomic E-state index is 5.92. The Morgan fingerprint density at radius 1 is 0.950 bits per heavy atom. The Kier molecular flexibility index (Phi) is 3.85. The van der Waals surface area contributed by atoms with Crippen molar-refractivity contribution >= 4 is 0 Å². The highest BCUT2D eigenvalue weighted by Crippen LogP contribution is 2.34. The highest BCUT2D eigenvalue weighted by atomic mass is 16.7. The average Bonchev–Trinajstić information content (AvgIpc) is 3.02. The van der Waals surface area contributed by atoms with Crippen molar-refractivity contribution in [2.75, 3.05) is 20.3 Å². The first-order chi connectivity index (χ1) is 9.86. The van der Waals surface area contributed by atoms with Gasteiger partial charge in [0, 0.05) is 6.07 Å². The van der Waals surface area contributed by atoms with Gasteiger partial charge in [0.2, 0.25) is 0 Å². The zero-order chi connectivity index (χ0) is 13.8. The summed E-state index contributed by atoms with van der Waals surface area (Å²) in [4.78, 5) is 0. The molecule has 4 heteroatoms. The molecule has 0 aromatic heterocycles. The average molecular weight is 272 g/mol. The number of hydrogen-bond acceptors (Lipinski definition) is 4. The SMILES string of the molecule is COc1cccc(Oc2ccccc2C2OCCO2)c1. The number of para-hydroxylation sites is 1. The van der Waals surface area contributed by atoms with Crippen LogP contribution in [0.5, 0.6) is 17.2 Å². The van der Waals surface area contributed by atoms with Crippen LogP contribution in [0.3, 0.4) is 0 Å². The second kappa shape index (κ2) is 5.94. The molecule has 3 rings (SSSR count). The molecule has 1 heterocycles. The maximum Gasteiger partial charge on any atom is 0.187 e. The number of methoxy groups -OCH3 is 1. The van der Waals surface area contributed by atoms with Crippen LogP contribution in [0, 0.1) is 0 Å². The molecule has 1 aliphatic rings. The molecule has 0 amide bonds. The van der Waals surface area contributed by atoms with Gasteiger partial charge in [-0.2, -0.15) is 0 Å². The molecule has 0 spiro atoms. The summed E-state index contributed by atoms with van der Waals surface area (Å²) in [6.07, 6.45) is -0.350. The summed E-state index contributed by atoms with van der Waals surface area (Å²) >= 11 is 0. The van der Waals surface area contributed by atoms with E-state index in [-0.39, 0.29) is 6.29 Å². The van der Waals surface area contributed by atoms with Gasteiger partial charge < -0.3 is 18.9 Å². The first-order valence-corrected chi connectivity index (χ1v) is 6.51. The van der Waals surface area contributed by atoms with E-state index in [0.29, 0.717) is 13.2 Å². The molecule has 0 N–H and O–H groups in total. The van der Waals surface area contributed by atoms with E-state index in [4.69, 9.17) is 18.9 Å². The standard InChI is InChI=1S/C16H16O4/c1-17-12-5-4-6-13(11-12)20-15-8-3-2-7-14(15)16-18-9-10-19-16/h2-8,11,16H,9-10H2,1H3. The number of hydrogen-bond donors (Lipinski definition) is 0. The zero-order valence-electron chi connectivity index (χ0n) is 11.2. The van der Waals surface area contributed by atoms with E-state index in [1.165, 1.54) is 0 Å². The lowest BCUT2D eigenvalue weighted by Crippen LogP contribution is -2.00. The van der Waals surface area contributed by atoms with Crippen LogP contribution in [-0.4, -0.2) is 20.3 Å². The number of rotatable bonds is 4. The highest BCUT2D eigenvalue weighted by molar-refractivity contribution is 5.41. The smallest absolute Gasteiger partial charge is 0.187 e. The van der Waals surface area contributed by atoms with E-state index in [1.807, 2.05) is 48.5 Å². The van der Waals surface area contributed by atoms with Gasteiger partial charge in [0.25, 0.3) is 0 Å². The van der Waals surface area contributed by atoms with Crippen molar-refractivity contribution in [3.05, 3.63) is 54.1 Å². The third-order valence-electron chi connectivity index (χ3n) is 3.06. The van der Waals surface area contributed by atoms with Crippen LogP contribution in [0.1, 0.15) is 11.9 Å². The van der Waals surface area contributed by atoms with Crippen molar-refractivity contribution in [1.29, 1.82) is 0 Å². The van der Waals surface area contributed by atoms with Gasteiger partial charge in [-0.15, -0.1) is 0 Å². The summed E-state index contributed by atoms with van der Waals surface area (Å²) in [6, 6.07) is 15.2. The largest absolute Gasteiger partial charge is 0.497 e. The molecule has 0 radical (unpaired) electrons. The quantitative estimate of drug-likeness (QED) is 0.853. The minimum Gasteiger partial charge on any atom is -0.497 e. The van der Waals surface area contributed by atoms with Crippen LogP contribution in [-0.2, 0) is 9.47 Å². The first-order valence-electron chi connectivity index (χ1n) is 6.51. The minimum absolute atomic E-state index is 0.350. The molecule has 2 aromatic carbocycles. The summed E-state index contributed by atoms with van der Waals surface area (Å²) in [6.45, 7) is 1.22. The van der Waals surface area contributed by atoms with Crippen LogP contribution in [0.15, 0.2) is 48.5 Å². The molecule has 0 bridgehead atoms. The Bertz CT molecular complexity index is 576. The molecule has 1 aliphatic heterocycles. The van der Waals surface area contributed by atoms with E-state index in [2.05, 4.69) is 0 Å². The summed E-state index contributed by atoms with van der Waals surface area (Å²) in [5.74, 6) is 2.20. The molecule has 20 heavy (non-hydrogen) atoms. The van der Waals surface area contributed by atoms with Gasteiger partial charge in [-0.05, 0) is 18.2 Å². The fourth-order valence-corrected chi connectivity index (χ4v) is 2.10. The molecule has 1 saturated heterocycles. The van der Waals surface area contributed by atoms with Gasteiger partial charge in [0.05, 0.1) is 25.9 Å². The monoisotopic (exact) mass is 272 g/mol. The Morgan fingerprint density at radius 3 is 2.50 bits per heavy atom. The molecule has 0 saturated carbocycles. The van der Waals surface area contributed by atoms with Crippen molar-refractivity contribution in [2.24, 2.45) is 0 Å². The minimum atomic E-state index is -0.350. The van der Waals surface area contributed by atoms with Crippen molar-refractivity contribution in [3.63, 3.8) is 0 Å². The predicted molar refractivity (Wildman–Crippen MR) is 74.2 cm³/mol. The fraction of sp³-hybridized carbons (Fsp3) is 0.250. The molecule has 0 aliphatic carbocycles. The second-order valence-corrected chi connectivity index (χ2v) is 4.39. The lowest BCUT2D eigenvalue weighted by atomic mass is 10.2. The molecular weight excluding hydrogens is 256 g/mol. The summed E-state index contributed by atoms with van der Waals surface area (Å²) < 4.78 is 22.2. The molecule has 104 valence electrons. The third-order valence-corrected chi connectivity index (χ3v) is 3.06. The van der Waals surface area contributed by atoms with Gasteiger partial charge >= 0.3 is 0 Å². The normalized spacial score (nSPS) is 15.2. The highest BCUT2D eigenvalue weighted by Gasteiger charge is 2.22. The van der Waals surface area contributed by atoms with E-state index in [1.54, 1.807) is 7.11 Å². The Morgan fingerprint density at radius 2 is 1.70 bits per heavy atom. The molecular formula is C16H16O4. The Balaban J connectivity index is 1.86. The molecule has 2 aromatic rings. The van der Waals surface area contributed by atoms with Gasteiger partial charge in [-0.25, -0.2) is 0 Å². The lowest BCUT2D eigenvalue weighted by Gasteiger charge is -2.15. The Hall–Kier alpha value is -2.04. The summed E-state index contributed by atoms with van der Waals surface area (Å²) in [5.41, 5.74) is 0.896. The van der Waals surface area contributed by atoms with Crippen LogP contribution in [0.4, 0.5) is 0 Å². The van der Waals surface area contributed by atoms with E-state index >= 15 is 0 Å². The van der Waals surface area contributed by atoms with E-state index < -0.39 is 0 Å². The van der Waals surface area contributed by atoms with Crippen LogP contribution in [0.2, 0.25) is 0 Å².